The molecule has 3 nitrogen and oxygen atoms in total. The molecule has 66 valence electrons. The molecule has 0 amide bonds. The van der Waals surface area contributed by atoms with Gasteiger partial charge in [0.1, 0.15) is 11.5 Å². The van der Waals surface area contributed by atoms with Crippen LogP contribution in [0.2, 0.25) is 5.15 Å². The summed E-state index contributed by atoms with van der Waals surface area (Å²) >= 11 is 5.86. The lowest BCUT2D eigenvalue weighted by molar-refractivity contribution is 0.623. The van der Waals surface area contributed by atoms with E-state index in [0.717, 1.165) is 30.8 Å². The molecule has 0 fully saturated rings. The topological polar surface area (TPSA) is 37.8 Å². The molecular formula is C7H9BrClN3. The predicted octanol–water partition coefficient (Wildman–Crippen LogP) is 1.35. The number of rotatable bonds is 0. The third-order valence-electron chi connectivity index (χ3n) is 1.83. The van der Waals surface area contributed by atoms with Crippen molar-refractivity contribution in [3.8, 4) is 0 Å². The van der Waals surface area contributed by atoms with E-state index in [1.807, 2.05) is 0 Å². The van der Waals surface area contributed by atoms with Crippen LogP contribution in [0.25, 0.3) is 0 Å². The zero-order valence-electron chi connectivity index (χ0n) is 6.38. The normalized spacial score (nSPS) is 14.8. The zero-order chi connectivity index (χ0) is 7.68. The van der Waals surface area contributed by atoms with Crippen LogP contribution in [0.1, 0.15) is 11.3 Å². The second-order valence-electron chi connectivity index (χ2n) is 2.52. The molecule has 5 heteroatoms. The van der Waals surface area contributed by atoms with E-state index in [1.165, 1.54) is 6.33 Å². The molecule has 0 unspecified atom stereocenters. The maximum atomic E-state index is 5.86. The van der Waals surface area contributed by atoms with Crippen LogP contribution in [0.3, 0.4) is 0 Å². The maximum absolute atomic E-state index is 5.86. The Labute approximate surface area is 86.3 Å². The second kappa shape index (κ2) is 4.16. The molecule has 1 N–H and O–H groups in total. The Hall–Kier alpha value is -0.190. The first-order valence-electron chi connectivity index (χ1n) is 3.57. The van der Waals surface area contributed by atoms with E-state index in [0.29, 0.717) is 5.15 Å². The summed E-state index contributed by atoms with van der Waals surface area (Å²) in [5.74, 6) is 0. The summed E-state index contributed by atoms with van der Waals surface area (Å²) in [4.78, 5) is 8.04. The van der Waals surface area contributed by atoms with E-state index >= 15 is 0 Å². The summed E-state index contributed by atoms with van der Waals surface area (Å²) in [5.41, 5.74) is 2.14. The standard InChI is InChI=1S/C7H8ClN3.BrH/c8-7-5-1-2-9-3-6(5)10-4-11-7;/h4,9H,1-3H2;1H. The highest BCUT2D eigenvalue weighted by Crippen LogP contribution is 2.17. The maximum Gasteiger partial charge on any atom is 0.135 e. The minimum Gasteiger partial charge on any atom is -0.311 e. The van der Waals surface area contributed by atoms with Gasteiger partial charge in [0.25, 0.3) is 0 Å². The fourth-order valence-corrected chi connectivity index (χ4v) is 1.49. The van der Waals surface area contributed by atoms with Gasteiger partial charge in [0.05, 0.1) is 5.69 Å². The van der Waals surface area contributed by atoms with Gasteiger partial charge in [-0.3, -0.25) is 0 Å². The number of hydrogen-bond donors (Lipinski definition) is 1. The van der Waals surface area contributed by atoms with Crippen LogP contribution in [0, 0.1) is 0 Å². The summed E-state index contributed by atoms with van der Waals surface area (Å²) in [6, 6.07) is 0. The number of fused-ring (bicyclic) bond motifs is 1. The van der Waals surface area contributed by atoms with Crippen molar-refractivity contribution in [3.05, 3.63) is 22.7 Å². The molecular weight excluding hydrogens is 241 g/mol. The van der Waals surface area contributed by atoms with Crippen LogP contribution in [0.5, 0.6) is 0 Å². The van der Waals surface area contributed by atoms with E-state index in [1.54, 1.807) is 0 Å². The van der Waals surface area contributed by atoms with E-state index in [9.17, 15) is 0 Å². The molecule has 1 aliphatic heterocycles. The average molecular weight is 251 g/mol. The van der Waals surface area contributed by atoms with Gasteiger partial charge < -0.3 is 5.32 Å². The van der Waals surface area contributed by atoms with Crippen LogP contribution in [0.15, 0.2) is 6.33 Å². The molecule has 0 spiro atoms. The SMILES string of the molecule is Br.Clc1ncnc2c1CCNC2. The molecule has 12 heavy (non-hydrogen) atoms. The van der Waals surface area contributed by atoms with Gasteiger partial charge >= 0.3 is 0 Å². The van der Waals surface area contributed by atoms with Crippen molar-refractivity contribution in [2.75, 3.05) is 6.54 Å². The van der Waals surface area contributed by atoms with Crippen LogP contribution in [-0.4, -0.2) is 16.5 Å². The number of aromatic nitrogens is 2. The molecule has 0 bridgehead atoms. The minimum atomic E-state index is 0. The largest absolute Gasteiger partial charge is 0.311 e. The summed E-state index contributed by atoms with van der Waals surface area (Å²) < 4.78 is 0. The smallest absolute Gasteiger partial charge is 0.135 e. The Morgan fingerprint density at radius 1 is 1.42 bits per heavy atom. The lowest BCUT2D eigenvalue weighted by atomic mass is 10.1. The van der Waals surface area contributed by atoms with Gasteiger partial charge in [-0.15, -0.1) is 17.0 Å². The summed E-state index contributed by atoms with van der Waals surface area (Å²) in [6.07, 6.45) is 2.45. The van der Waals surface area contributed by atoms with Crippen LogP contribution in [-0.2, 0) is 13.0 Å². The van der Waals surface area contributed by atoms with Crippen LogP contribution >= 0.6 is 28.6 Å². The highest BCUT2D eigenvalue weighted by atomic mass is 79.9. The fourth-order valence-electron chi connectivity index (χ4n) is 1.24. The second-order valence-corrected chi connectivity index (χ2v) is 2.87. The zero-order valence-corrected chi connectivity index (χ0v) is 8.85. The van der Waals surface area contributed by atoms with Crippen molar-refractivity contribution >= 4 is 28.6 Å². The fraction of sp³-hybridized carbons (Fsp3) is 0.429. The van der Waals surface area contributed by atoms with Crippen LogP contribution < -0.4 is 5.32 Å². The Bertz CT molecular complexity index is 279. The van der Waals surface area contributed by atoms with Crippen molar-refractivity contribution in [3.63, 3.8) is 0 Å². The van der Waals surface area contributed by atoms with Gasteiger partial charge in [-0.25, -0.2) is 9.97 Å². The average Bonchev–Trinajstić information content (AvgIpc) is 2.06. The van der Waals surface area contributed by atoms with E-state index < -0.39 is 0 Å². The van der Waals surface area contributed by atoms with Gasteiger partial charge in [0.15, 0.2) is 0 Å². The Morgan fingerprint density at radius 3 is 3.00 bits per heavy atom. The molecule has 1 aliphatic rings. The first-order valence-corrected chi connectivity index (χ1v) is 3.94. The molecule has 0 saturated heterocycles. The third kappa shape index (κ3) is 1.76. The Morgan fingerprint density at radius 2 is 2.25 bits per heavy atom. The molecule has 1 aromatic rings. The minimum absolute atomic E-state index is 0. The molecule has 2 rings (SSSR count). The van der Waals surface area contributed by atoms with Crippen molar-refractivity contribution in [2.45, 2.75) is 13.0 Å². The van der Waals surface area contributed by atoms with Crippen molar-refractivity contribution < 1.29 is 0 Å². The lowest BCUT2D eigenvalue weighted by Gasteiger charge is -2.15. The van der Waals surface area contributed by atoms with Gasteiger partial charge in [-0.05, 0) is 13.0 Å². The van der Waals surface area contributed by atoms with E-state index in [2.05, 4.69) is 15.3 Å². The van der Waals surface area contributed by atoms with Gasteiger partial charge in [0, 0.05) is 12.1 Å². The first-order chi connectivity index (χ1) is 5.38. The number of halogens is 2. The molecule has 0 aliphatic carbocycles. The third-order valence-corrected chi connectivity index (χ3v) is 2.15. The molecule has 0 radical (unpaired) electrons. The van der Waals surface area contributed by atoms with Crippen molar-refractivity contribution in [1.29, 1.82) is 0 Å². The molecule has 0 saturated carbocycles. The molecule has 0 atom stereocenters. The Kier molecular flexibility index (Phi) is 3.43. The Balaban J connectivity index is 0.000000720. The summed E-state index contributed by atoms with van der Waals surface area (Å²) in [5, 5.41) is 3.83. The number of nitrogens with one attached hydrogen (secondary N) is 1. The molecule has 0 aromatic carbocycles. The number of hydrogen-bond acceptors (Lipinski definition) is 3. The van der Waals surface area contributed by atoms with Crippen molar-refractivity contribution in [2.24, 2.45) is 0 Å². The molecule has 2 heterocycles. The molecule has 1 aromatic heterocycles. The van der Waals surface area contributed by atoms with E-state index in [4.69, 9.17) is 11.6 Å². The predicted molar refractivity (Wildman–Crippen MR) is 52.8 cm³/mol. The van der Waals surface area contributed by atoms with Gasteiger partial charge in [-0.2, -0.15) is 0 Å². The number of nitrogens with zero attached hydrogens (tertiary/aromatic N) is 2. The summed E-state index contributed by atoms with van der Waals surface area (Å²) in [7, 11) is 0. The van der Waals surface area contributed by atoms with Gasteiger partial charge in [-0.1, -0.05) is 11.6 Å². The monoisotopic (exact) mass is 249 g/mol. The highest BCUT2D eigenvalue weighted by Gasteiger charge is 2.12. The van der Waals surface area contributed by atoms with Crippen LogP contribution in [0.4, 0.5) is 0 Å². The van der Waals surface area contributed by atoms with Crippen molar-refractivity contribution in [1.82, 2.24) is 15.3 Å². The lowest BCUT2D eigenvalue weighted by Crippen LogP contribution is -2.25. The summed E-state index contributed by atoms with van der Waals surface area (Å²) in [6.45, 7) is 1.79. The quantitative estimate of drug-likeness (QED) is 0.707. The highest BCUT2D eigenvalue weighted by molar-refractivity contribution is 8.93. The van der Waals surface area contributed by atoms with Gasteiger partial charge in [0.2, 0.25) is 0 Å². The van der Waals surface area contributed by atoms with E-state index in [-0.39, 0.29) is 17.0 Å². The first kappa shape index (κ1) is 9.89.